The van der Waals surface area contributed by atoms with Crippen LogP contribution in [0.4, 0.5) is 11.5 Å². The third-order valence-electron chi connectivity index (χ3n) is 3.26. The average Bonchev–Trinajstić information content (AvgIpc) is 2.47. The van der Waals surface area contributed by atoms with Crippen molar-refractivity contribution < 1.29 is 13.3 Å². The molecule has 0 unspecified atom stereocenters. The van der Waals surface area contributed by atoms with Crippen LogP contribution in [0.3, 0.4) is 0 Å². The van der Waals surface area contributed by atoms with Crippen LogP contribution in [0, 0.1) is 10.1 Å². The fourth-order valence-corrected chi connectivity index (χ4v) is 3.14. The van der Waals surface area contributed by atoms with Gasteiger partial charge in [0.2, 0.25) is 10.0 Å². The highest BCUT2D eigenvalue weighted by molar-refractivity contribution is 7.89. The highest BCUT2D eigenvalue weighted by atomic mass is 32.2. The van der Waals surface area contributed by atoms with E-state index in [4.69, 9.17) is 0 Å². The summed E-state index contributed by atoms with van der Waals surface area (Å²) in [4.78, 5) is 16.0. The van der Waals surface area contributed by atoms with Crippen LogP contribution in [0.5, 0.6) is 0 Å². The van der Waals surface area contributed by atoms with Gasteiger partial charge in [0.05, 0.1) is 10.7 Å². The summed E-state index contributed by atoms with van der Waals surface area (Å²) >= 11 is 0. The lowest BCUT2D eigenvalue weighted by Gasteiger charge is -2.34. The van der Waals surface area contributed by atoms with Gasteiger partial charge >= 0.3 is 0 Å². The van der Waals surface area contributed by atoms with Crippen molar-refractivity contribution in [2.75, 3.05) is 36.8 Å². The van der Waals surface area contributed by atoms with Crippen molar-refractivity contribution in [1.82, 2.24) is 9.29 Å². The number of pyridine rings is 1. The van der Waals surface area contributed by atoms with Crippen molar-refractivity contribution in [1.29, 1.82) is 0 Å². The Labute approximate surface area is 117 Å². The summed E-state index contributed by atoms with van der Waals surface area (Å²) in [6.07, 6.45) is 1.21. The number of rotatable bonds is 4. The van der Waals surface area contributed by atoms with E-state index in [1.165, 1.54) is 16.6 Å². The Hall–Kier alpha value is -1.74. The molecule has 2 heterocycles. The molecule has 1 aliphatic rings. The Balaban J connectivity index is 2.02. The zero-order chi connectivity index (χ0) is 14.8. The third-order valence-corrected chi connectivity index (χ3v) is 5.15. The normalized spacial score (nSPS) is 17.1. The molecule has 8 nitrogen and oxygen atoms in total. The van der Waals surface area contributed by atoms with Gasteiger partial charge in [-0.2, -0.15) is 4.31 Å². The first-order chi connectivity index (χ1) is 9.44. The molecule has 0 spiro atoms. The van der Waals surface area contributed by atoms with Gasteiger partial charge in [-0.25, -0.2) is 13.4 Å². The van der Waals surface area contributed by atoms with E-state index in [1.807, 2.05) is 4.90 Å². The molecule has 0 atom stereocenters. The Morgan fingerprint density at radius 3 is 2.40 bits per heavy atom. The van der Waals surface area contributed by atoms with E-state index in [0.717, 1.165) is 0 Å². The molecule has 0 N–H and O–H groups in total. The topological polar surface area (TPSA) is 96.7 Å². The lowest BCUT2D eigenvalue weighted by Crippen LogP contribution is -2.49. The lowest BCUT2D eigenvalue weighted by atomic mass is 10.3. The minimum Gasteiger partial charge on any atom is -0.354 e. The summed E-state index contributed by atoms with van der Waals surface area (Å²) in [5.41, 5.74) is -0.0547. The predicted molar refractivity (Wildman–Crippen MR) is 74.1 cm³/mol. The Morgan fingerprint density at radius 2 is 1.95 bits per heavy atom. The molecule has 0 radical (unpaired) electrons. The first-order valence-corrected chi connectivity index (χ1v) is 7.88. The molecular formula is C11H16N4O4S. The van der Waals surface area contributed by atoms with Crippen molar-refractivity contribution >= 4 is 21.5 Å². The van der Waals surface area contributed by atoms with Crippen LogP contribution in [0.25, 0.3) is 0 Å². The fraction of sp³-hybridized carbons (Fsp3) is 0.545. The number of sulfonamides is 1. The van der Waals surface area contributed by atoms with Crippen molar-refractivity contribution in [3.05, 3.63) is 28.4 Å². The van der Waals surface area contributed by atoms with E-state index in [-0.39, 0.29) is 11.4 Å². The molecule has 0 amide bonds. The van der Waals surface area contributed by atoms with Gasteiger partial charge < -0.3 is 4.90 Å². The van der Waals surface area contributed by atoms with Gasteiger partial charge in [-0.3, -0.25) is 10.1 Å². The molecule has 1 fully saturated rings. The van der Waals surface area contributed by atoms with Gasteiger partial charge in [-0.05, 0) is 13.0 Å². The maximum atomic E-state index is 11.7. The number of hydrogen-bond acceptors (Lipinski definition) is 6. The average molecular weight is 300 g/mol. The van der Waals surface area contributed by atoms with Gasteiger partial charge in [-0.15, -0.1) is 0 Å². The number of anilines is 1. The summed E-state index contributed by atoms with van der Waals surface area (Å²) in [6.45, 7) is 3.51. The van der Waals surface area contributed by atoms with Crippen LogP contribution >= 0.6 is 0 Å². The molecule has 1 saturated heterocycles. The molecule has 9 heteroatoms. The summed E-state index contributed by atoms with van der Waals surface area (Å²) in [7, 11) is -3.15. The molecule has 0 aliphatic carbocycles. The van der Waals surface area contributed by atoms with Gasteiger partial charge in [0.1, 0.15) is 12.0 Å². The number of hydrogen-bond donors (Lipinski definition) is 0. The molecular weight excluding hydrogens is 284 g/mol. The van der Waals surface area contributed by atoms with E-state index in [1.54, 1.807) is 13.0 Å². The summed E-state index contributed by atoms with van der Waals surface area (Å²) < 4.78 is 24.9. The van der Waals surface area contributed by atoms with Crippen LogP contribution in [-0.2, 0) is 10.0 Å². The largest absolute Gasteiger partial charge is 0.354 e. The van der Waals surface area contributed by atoms with E-state index < -0.39 is 14.9 Å². The number of nitrogens with zero attached hydrogens (tertiary/aromatic N) is 4. The van der Waals surface area contributed by atoms with Gasteiger partial charge in [0, 0.05) is 32.2 Å². The standard InChI is InChI=1S/C11H16N4O4S/c1-2-20(18,19)14-7-5-13(6-8-14)11-4-3-10(9-12-11)15(16)17/h3-4,9H,2,5-8H2,1H3. The SMILES string of the molecule is CCS(=O)(=O)N1CCN(c2ccc([N+](=O)[O-])cn2)CC1. The second-order valence-electron chi connectivity index (χ2n) is 4.42. The van der Waals surface area contributed by atoms with E-state index >= 15 is 0 Å². The first kappa shape index (κ1) is 14.7. The molecule has 2 rings (SSSR count). The van der Waals surface area contributed by atoms with Crippen LogP contribution in [0.15, 0.2) is 18.3 Å². The predicted octanol–water partition coefficient (Wildman–Crippen LogP) is 0.461. The van der Waals surface area contributed by atoms with Gasteiger partial charge in [-0.1, -0.05) is 0 Å². The van der Waals surface area contributed by atoms with Crippen LogP contribution in [0.2, 0.25) is 0 Å². The second kappa shape index (κ2) is 5.71. The van der Waals surface area contributed by atoms with Gasteiger partial charge in [0.25, 0.3) is 5.69 Å². The highest BCUT2D eigenvalue weighted by Crippen LogP contribution is 2.18. The highest BCUT2D eigenvalue weighted by Gasteiger charge is 2.26. The molecule has 0 saturated carbocycles. The third kappa shape index (κ3) is 3.05. The maximum Gasteiger partial charge on any atom is 0.287 e. The molecule has 0 bridgehead atoms. The smallest absolute Gasteiger partial charge is 0.287 e. The Kier molecular flexibility index (Phi) is 4.19. The number of aromatic nitrogens is 1. The van der Waals surface area contributed by atoms with Crippen LogP contribution in [0.1, 0.15) is 6.92 Å². The number of piperazine rings is 1. The molecule has 1 aliphatic heterocycles. The summed E-state index contributed by atoms with van der Waals surface area (Å²) in [5, 5.41) is 10.6. The monoisotopic (exact) mass is 300 g/mol. The maximum absolute atomic E-state index is 11.7. The van der Waals surface area contributed by atoms with E-state index in [0.29, 0.717) is 32.0 Å². The van der Waals surface area contributed by atoms with Crippen LogP contribution < -0.4 is 4.90 Å². The second-order valence-corrected chi connectivity index (χ2v) is 6.68. The first-order valence-electron chi connectivity index (χ1n) is 6.27. The number of nitro groups is 1. The molecule has 110 valence electrons. The summed E-state index contributed by atoms with van der Waals surface area (Å²) in [6, 6.07) is 2.99. The molecule has 0 aromatic carbocycles. The molecule has 1 aromatic heterocycles. The van der Waals surface area contributed by atoms with E-state index in [2.05, 4.69) is 4.98 Å². The van der Waals surface area contributed by atoms with Crippen molar-refractivity contribution in [3.63, 3.8) is 0 Å². The van der Waals surface area contributed by atoms with Crippen molar-refractivity contribution in [3.8, 4) is 0 Å². The summed E-state index contributed by atoms with van der Waals surface area (Å²) in [5.74, 6) is 0.729. The molecule has 1 aromatic rings. The molecule has 20 heavy (non-hydrogen) atoms. The quantitative estimate of drug-likeness (QED) is 0.592. The Bertz CT molecular complexity index is 579. The van der Waals surface area contributed by atoms with Crippen molar-refractivity contribution in [2.45, 2.75) is 6.92 Å². The minimum atomic E-state index is -3.15. The zero-order valence-corrected chi connectivity index (χ0v) is 11.9. The minimum absolute atomic E-state index is 0.0547. The van der Waals surface area contributed by atoms with Gasteiger partial charge in [0.15, 0.2) is 0 Å². The Morgan fingerprint density at radius 1 is 1.30 bits per heavy atom. The van der Waals surface area contributed by atoms with Crippen LogP contribution in [-0.4, -0.2) is 54.6 Å². The van der Waals surface area contributed by atoms with Crippen molar-refractivity contribution in [2.24, 2.45) is 0 Å². The zero-order valence-electron chi connectivity index (χ0n) is 11.1. The van der Waals surface area contributed by atoms with E-state index in [9.17, 15) is 18.5 Å². The fourth-order valence-electron chi connectivity index (χ4n) is 2.05. The lowest BCUT2D eigenvalue weighted by molar-refractivity contribution is -0.385.